The van der Waals surface area contributed by atoms with Crippen molar-refractivity contribution in [3.63, 3.8) is 0 Å². The Labute approximate surface area is 232 Å². The van der Waals surface area contributed by atoms with Crippen molar-refractivity contribution in [3.8, 4) is 10.4 Å². The fraction of sp³-hybridized carbons (Fsp3) is 0.250. The van der Waals surface area contributed by atoms with E-state index in [0.717, 1.165) is 35.4 Å². The van der Waals surface area contributed by atoms with Gasteiger partial charge in [0.2, 0.25) is 0 Å². The molecule has 6 rings (SSSR count). The standard InChI is InChI=1S/C32H31ClN4S/c33-26-13-14-27-28(18-26)36-31(37-32(27)35-20-23-5-3-4-22(16-23)19-34)15-10-21-8-11-24(12-9-21)30-17-25-6-1-2-7-29(25)38-30/h1-2,6-15,17-18,22-23H,3-5,16,19-20,34H2,(H,35,36,37). The molecule has 1 saturated carbocycles. The maximum absolute atomic E-state index is 6.31. The third-order valence-electron chi connectivity index (χ3n) is 7.50. The van der Waals surface area contributed by atoms with Gasteiger partial charge in [-0.05, 0) is 90.6 Å². The van der Waals surface area contributed by atoms with E-state index in [1.807, 2.05) is 35.6 Å². The molecule has 1 aliphatic rings. The van der Waals surface area contributed by atoms with Gasteiger partial charge < -0.3 is 11.1 Å². The summed E-state index contributed by atoms with van der Waals surface area (Å²) in [6.45, 7) is 1.68. The van der Waals surface area contributed by atoms with Crippen LogP contribution in [0.5, 0.6) is 0 Å². The number of rotatable bonds is 7. The number of thiophene rings is 1. The summed E-state index contributed by atoms with van der Waals surface area (Å²) in [5, 5.41) is 6.58. The first-order valence-electron chi connectivity index (χ1n) is 13.3. The molecule has 192 valence electrons. The summed E-state index contributed by atoms with van der Waals surface area (Å²) in [6, 6.07) is 25.2. The first-order valence-corrected chi connectivity index (χ1v) is 14.5. The molecular formula is C32H31ClN4S. The van der Waals surface area contributed by atoms with Crippen molar-refractivity contribution in [2.24, 2.45) is 17.6 Å². The van der Waals surface area contributed by atoms with Crippen molar-refractivity contribution in [1.29, 1.82) is 0 Å². The zero-order valence-electron chi connectivity index (χ0n) is 21.2. The van der Waals surface area contributed by atoms with Crippen LogP contribution in [0.25, 0.3) is 43.6 Å². The fourth-order valence-electron chi connectivity index (χ4n) is 5.43. The highest BCUT2D eigenvalue weighted by atomic mass is 35.5. The quantitative estimate of drug-likeness (QED) is 0.218. The van der Waals surface area contributed by atoms with E-state index < -0.39 is 0 Å². The number of aromatic nitrogens is 2. The number of halogens is 1. The third kappa shape index (κ3) is 5.60. The maximum Gasteiger partial charge on any atom is 0.154 e. The smallest absolute Gasteiger partial charge is 0.154 e. The lowest BCUT2D eigenvalue weighted by molar-refractivity contribution is 0.281. The number of nitrogens with two attached hydrogens (primary N) is 1. The Kier molecular flexibility index (Phi) is 7.41. The lowest BCUT2D eigenvalue weighted by Crippen LogP contribution is -2.26. The van der Waals surface area contributed by atoms with Gasteiger partial charge in [-0.25, -0.2) is 9.97 Å². The SMILES string of the molecule is NCC1CCCC(CNc2nc(C=Cc3ccc(-c4cc5ccccc5s4)cc3)nc3cc(Cl)ccc23)C1. The topological polar surface area (TPSA) is 63.8 Å². The van der Waals surface area contributed by atoms with E-state index in [4.69, 9.17) is 27.3 Å². The summed E-state index contributed by atoms with van der Waals surface area (Å²) in [5.74, 6) is 2.79. The van der Waals surface area contributed by atoms with Crippen LogP contribution in [0, 0.1) is 11.8 Å². The fourth-order valence-corrected chi connectivity index (χ4v) is 6.66. The van der Waals surface area contributed by atoms with Crippen molar-refractivity contribution in [2.75, 3.05) is 18.4 Å². The van der Waals surface area contributed by atoms with Crippen LogP contribution in [0.3, 0.4) is 0 Å². The minimum Gasteiger partial charge on any atom is -0.369 e. The zero-order chi connectivity index (χ0) is 25.9. The largest absolute Gasteiger partial charge is 0.369 e. The molecule has 2 heterocycles. The molecule has 0 saturated heterocycles. The minimum absolute atomic E-state index is 0.619. The Hall–Kier alpha value is -3.25. The molecule has 0 radical (unpaired) electrons. The molecule has 4 nitrogen and oxygen atoms in total. The van der Waals surface area contributed by atoms with Crippen molar-refractivity contribution in [2.45, 2.75) is 25.7 Å². The van der Waals surface area contributed by atoms with Crippen LogP contribution in [0.1, 0.15) is 37.1 Å². The third-order valence-corrected chi connectivity index (χ3v) is 8.91. The second-order valence-electron chi connectivity index (χ2n) is 10.2. The summed E-state index contributed by atoms with van der Waals surface area (Å²) < 4.78 is 1.31. The molecule has 0 spiro atoms. The Bertz CT molecular complexity index is 1560. The number of hydrogen-bond donors (Lipinski definition) is 2. The zero-order valence-corrected chi connectivity index (χ0v) is 22.8. The summed E-state index contributed by atoms with van der Waals surface area (Å²) in [5.41, 5.74) is 9.13. The number of hydrogen-bond acceptors (Lipinski definition) is 5. The van der Waals surface area contributed by atoms with Crippen LogP contribution in [0.4, 0.5) is 5.82 Å². The van der Waals surface area contributed by atoms with Gasteiger partial charge in [0.15, 0.2) is 5.82 Å². The van der Waals surface area contributed by atoms with Gasteiger partial charge in [-0.2, -0.15) is 0 Å². The molecule has 38 heavy (non-hydrogen) atoms. The molecule has 2 unspecified atom stereocenters. The van der Waals surface area contributed by atoms with E-state index in [0.29, 0.717) is 22.7 Å². The number of benzene rings is 3. The highest BCUT2D eigenvalue weighted by Gasteiger charge is 2.21. The Morgan fingerprint density at radius 1 is 0.947 bits per heavy atom. The van der Waals surface area contributed by atoms with Crippen LogP contribution in [-0.2, 0) is 0 Å². The van der Waals surface area contributed by atoms with Gasteiger partial charge in [-0.3, -0.25) is 0 Å². The van der Waals surface area contributed by atoms with Gasteiger partial charge in [-0.15, -0.1) is 11.3 Å². The van der Waals surface area contributed by atoms with Crippen molar-refractivity contribution < 1.29 is 0 Å². The minimum atomic E-state index is 0.619. The molecule has 0 bridgehead atoms. The van der Waals surface area contributed by atoms with E-state index in [1.165, 1.54) is 46.2 Å². The normalized spacial score (nSPS) is 17.9. The molecular weight excluding hydrogens is 508 g/mol. The number of anilines is 1. The van der Waals surface area contributed by atoms with Crippen LogP contribution in [-0.4, -0.2) is 23.1 Å². The Morgan fingerprint density at radius 2 is 1.79 bits per heavy atom. The summed E-state index contributed by atoms with van der Waals surface area (Å²) in [4.78, 5) is 10.9. The van der Waals surface area contributed by atoms with E-state index >= 15 is 0 Å². The lowest BCUT2D eigenvalue weighted by Gasteiger charge is -2.28. The van der Waals surface area contributed by atoms with E-state index in [9.17, 15) is 0 Å². The summed E-state index contributed by atoms with van der Waals surface area (Å²) in [7, 11) is 0. The van der Waals surface area contributed by atoms with E-state index in [2.05, 4.69) is 66.0 Å². The molecule has 2 aromatic heterocycles. The average molecular weight is 539 g/mol. The lowest BCUT2D eigenvalue weighted by atomic mass is 9.81. The Morgan fingerprint density at radius 3 is 2.63 bits per heavy atom. The van der Waals surface area contributed by atoms with Gasteiger partial charge >= 0.3 is 0 Å². The molecule has 6 heteroatoms. The van der Waals surface area contributed by atoms with Gasteiger partial charge in [0.25, 0.3) is 0 Å². The second-order valence-corrected chi connectivity index (χ2v) is 11.7. The predicted molar refractivity (Wildman–Crippen MR) is 164 cm³/mol. The maximum atomic E-state index is 6.31. The van der Waals surface area contributed by atoms with E-state index in [1.54, 1.807) is 0 Å². The first-order chi connectivity index (χ1) is 18.6. The molecule has 0 amide bonds. The predicted octanol–water partition coefficient (Wildman–Crippen LogP) is 8.51. The molecule has 2 atom stereocenters. The molecule has 1 fully saturated rings. The highest BCUT2D eigenvalue weighted by Crippen LogP contribution is 2.34. The van der Waals surface area contributed by atoms with Crippen molar-refractivity contribution >= 4 is 61.9 Å². The van der Waals surface area contributed by atoms with Crippen LogP contribution >= 0.6 is 22.9 Å². The summed E-state index contributed by atoms with van der Waals surface area (Å²) in [6.07, 6.45) is 8.97. The molecule has 0 aliphatic heterocycles. The monoisotopic (exact) mass is 538 g/mol. The number of nitrogens with one attached hydrogen (secondary N) is 1. The van der Waals surface area contributed by atoms with Gasteiger partial charge in [-0.1, -0.05) is 66.6 Å². The van der Waals surface area contributed by atoms with Crippen molar-refractivity contribution in [3.05, 3.63) is 89.2 Å². The number of fused-ring (bicyclic) bond motifs is 2. The average Bonchev–Trinajstić information content (AvgIpc) is 3.39. The van der Waals surface area contributed by atoms with Gasteiger partial charge in [0.05, 0.1) is 5.52 Å². The first kappa shape index (κ1) is 25.1. The Balaban J connectivity index is 1.22. The van der Waals surface area contributed by atoms with Gasteiger partial charge in [0, 0.05) is 26.5 Å². The molecule has 3 aromatic carbocycles. The highest BCUT2D eigenvalue weighted by molar-refractivity contribution is 7.22. The van der Waals surface area contributed by atoms with Crippen LogP contribution < -0.4 is 11.1 Å². The second kappa shape index (κ2) is 11.2. The van der Waals surface area contributed by atoms with E-state index in [-0.39, 0.29) is 0 Å². The summed E-state index contributed by atoms with van der Waals surface area (Å²) >= 11 is 8.13. The molecule has 3 N–H and O–H groups in total. The molecule has 1 aliphatic carbocycles. The van der Waals surface area contributed by atoms with Gasteiger partial charge in [0.1, 0.15) is 5.82 Å². The van der Waals surface area contributed by atoms with Crippen LogP contribution in [0.2, 0.25) is 5.02 Å². The molecule has 5 aromatic rings. The van der Waals surface area contributed by atoms with Crippen LogP contribution in [0.15, 0.2) is 72.8 Å². The van der Waals surface area contributed by atoms with Crippen molar-refractivity contribution in [1.82, 2.24) is 9.97 Å². The number of nitrogens with zero attached hydrogens (tertiary/aromatic N) is 2.